The second-order valence-electron chi connectivity index (χ2n) is 4.91. The highest BCUT2D eigenvalue weighted by Crippen LogP contribution is 2.18. The Morgan fingerprint density at radius 2 is 2.00 bits per heavy atom. The van der Waals surface area contributed by atoms with Gasteiger partial charge in [-0.15, -0.1) is 0 Å². The number of hydrogen-bond acceptors (Lipinski definition) is 1. The van der Waals surface area contributed by atoms with E-state index in [2.05, 4.69) is 39.5 Å². The lowest BCUT2D eigenvalue weighted by molar-refractivity contribution is 0.413. The molecule has 0 aromatic carbocycles. The lowest BCUT2D eigenvalue weighted by Gasteiger charge is -2.15. The summed E-state index contributed by atoms with van der Waals surface area (Å²) in [4.78, 5) is 4.70. The van der Waals surface area contributed by atoms with Crippen molar-refractivity contribution in [3.63, 3.8) is 0 Å². The first-order chi connectivity index (χ1) is 8.08. The van der Waals surface area contributed by atoms with E-state index in [1.54, 1.807) is 0 Å². The number of hydrogen-bond donors (Lipinski definition) is 0. The zero-order valence-corrected chi connectivity index (χ0v) is 11.4. The van der Waals surface area contributed by atoms with Crippen molar-refractivity contribution in [1.82, 2.24) is 4.98 Å². The van der Waals surface area contributed by atoms with E-state index in [4.69, 9.17) is 4.98 Å². The first kappa shape index (κ1) is 13.7. The van der Waals surface area contributed by atoms with Crippen LogP contribution >= 0.6 is 0 Å². The van der Waals surface area contributed by atoms with E-state index in [1.807, 2.05) is 25.2 Å². The zero-order valence-electron chi connectivity index (χ0n) is 11.4. The highest BCUT2D eigenvalue weighted by Gasteiger charge is 2.09. The van der Waals surface area contributed by atoms with E-state index >= 15 is 0 Å². The first-order valence-corrected chi connectivity index (χ1v) is 6.33. The third kappa shape index (κ3) is 3.85. The molecular formula is C16H23N. The van der Waals surface area contributed by atoms with Crippen molar-refractivity contribution >= 4 is 12.2 Å². The predicted molar refractivity (Wildman–Crippen MR) is 76.7 cm³/mol. The van der Waals surface area contributed by atoms with Gasteiger partial charge in [-0.25, -0.2) is 0 Å². The van der Waals surface area contributed by atoms with Crippen LogP contribution in [-0.2, 0) is 6.42 Å². The Kier molecular flexibility index (Phi) is 5.14. The lowest BCUT2D eigenvalue weighted by atomic mass is 9.93. The molecule has 0 saturated heterocycles. The fraction of sp³-hybridized carbons (Fsp3) is 0.438. The van der Waals surface area contributed by atoms with Crippen LogP contribution in [-0.4, -0.2) is 4.98 Å². The summed E-state index contributed by atoms with van der Waals surface area (Å²) < 4.78 is 0. The summed E-state index contributed by atoms with van der Waals surface area (Å²) in [7, 11) is 0. The average molecular weight is 229 g/mol. The van der Waals surface area contributed by atoms with Crippen molar-refractivity contribution in [2.24, 2.45) is 11.8 Å². The lowest BCUT2D eigenvalue weighted by Crippen LogP contribution is -2.09. The van der Waals surface area contributed by atoms with E-state index in [9.17, 15) is 0 Å². The summed E-state index contributed by atoms with van der Waals surface area (Å²) in [5.41, 5.74) is 3.30. The topological polar surface area (TPSA) is 12.9 Å². The molecular weight excluding hydrogens is 206 g/mol. The fourth-order valence-electron chi connectivity index (χ4n) is 1.67. The van der Waals surface area contributed by atoms with Gasteiger partial charge in [-0.2, -0.15) is 0 Å². The quantitative estimate of drug-likeness (QED) is 0.719. The van der Waals surface area contributed by atoms with Crippen LogP contribution in [0.1, 0.15) is 44.6 Å². The third-order valence-electron chi connectivity index (χ3n) is 3.23. The van der Waals surface area contributed by atoms with E-state index in [1.165, 1.54) is 5.69 Å². The minimum Gasteiger partial charge on any atom is -0.253 e. The summed E-state index contributed by atoms with van der Waals surface area (Å²) in [5, 5.41) is 0. The number of allylic oxidation sites excluding steroid dienone is 1. The molecule has 1 unspecified atom stereocenters. The third-order valence-corrected chi connectivity index (χ3v) is 3.23. The molecule has 0 aliphatic rings. The van der Waals surface area contributed by atoms with Gasteiger partial charge in [-0.3, -0.25) is 4.98 Å². The Balaban J connectivity index is 2.95. The van der Waals surface area contributed by atoms with Gasteiger partial charge in [0.25, 0.3) is 0 Å². The molecule has 0 amide bonds. The van der Waals surface area contributed by atoms with Crippen LogP contribution in [0.3, 0.4) is 0 Å². The van der Waals surface area contributed by atoms with Gasteiger partial charge in [0.15, 0.2) is 0 Å². The van der Waals surface area contributed by atoms with E-state index < -0.39 is 0 Å². The molecule has 0 spiro atoms. The van der Waals surface area contributed by atoms with E-state index in [0.29, 0.717) is 11.8 Å². The van der Waals surface area contributed by atoms with Crippen LogP contribution in [0.25, 0.3) is 12.2 Å². The summed E-state index contributed by atoms with van der Waals surface area (Å²) in [6, 6.07) is 4.22. The molecule has 1 heterocycles. The van der Waals surface area contributed by atoms with Crippen LogP contribution in [0.4, 0.5) is 0 Å². The van der Waals surface area contributed by atoms with E-state index in [0.717, 1.165) is 17.7 Å². The molecule has 0 N–H and O–H groups in total. The second-order valence-corrected chi connectivity index (χ2v) is 4.91. The molecule has 0 fully saturated rings. The largest absolute Gasteiger partial charge is 0.253 e. The second kappa shape index (κ2) is 6.39. The molecule has 92 valence electrons. The van der Waals surface area contributed by atoms with Crippen molar-refractivity contribution in [3.8, 4) is 0 Å². The van der Waals surface area contributed by atoms with Crippen LogP contribution in [0.5, 0.6) is 0 Å². The summed E-state index contributed by atoms with van der Waals surface area (Å²) >= 11 is 0. The number of pyridine rings is 1. The molecule has 0 aliphatic carbocycles. The van der Waals surface area contributed by atoms with Gasteiger partial charge in [0.2, 0.25) is 0 Å². The highest BCUT2D eigenvalue weighted by atomic mass is 14.7. The maximum Gasteiger partial charge on any atom is 0.0701 e. The molecule has 1 nitrogen and oxygen atoms in total. The van der Waals surface area contributed by atoms with Crippen LogP contribution in [0, 0.1) is 11.8 Å². The Hall–Kier alpha value is -1.37. The smallest absolute Gasteiger partial charge is 0.0701 e. The maximum atomic E-state index is 4.70. The van der Waals surface area contributed by atoms with E-state index in [-0.39, 0.29) is 0 Å². The predicted octanol–water partition coefficient (Wildman–Crippen LogP) is 4.59. The van der Waals surface area contributed by atoms with Gasteiger partial charge in [0.05, 0.1) is 5.69 Å². The average Bonchev–Trinajstić information content (AvgIpc) is 2.29. The number of rotatable bonds is 5. The van der Waals surface area contributed by atoms with Crippen LogP contribution in [0.2, 0.25) is 0 Å². The minimum absolute atomic E-state index is 0.663. The molecule has 0 bridgehead atoms. The monoisotopic (exact) mass is 229 g/mol. The maximum absolute atomic E-state index is 4.70. The van der Waals surface area contributed by atoms with Crippen molar-refractivity contribution in [1.29, 1.82) is 0 Å². The SMILES string of the molecule is C=Cc1ccc(CC(C)C(C)C)nc1/C=C\C. The van der Waals surface area contributed by atoms with Gasteiger partial charge >= 0.3 is 0 Å². The Morgan fingerprint density at radius 3 is 2.53 bits per heavy atom. The van der Waals surface area contributed by atoms with Crippen molar-refractivity contribution in [3.05, 3.63) is 41.7 Å². The Labute approximate surface area is 105 Å². The molecule has 0 radical (unpaired) electrons. The summed E-state index contributed by atoms with van der Waals surface area (Å²) in [5.74, 6) is 1.36. The molecule has 1 aromatic rings. The van der Waals surface area contributed by atoms with Crippen molar-refractivity contribution < 1.29 is 0 Å². The highest BCUT2D eigenvalue weighted by molar-refractivity contribution is 5.61. The molecule has 1 atom stereocenters. The minimum atomic E-state index is 0.663. The van der Waals surface area contributed by atoms with Crippen LogP contribution < -0.4 is 0 Å². The van der Waals surface area contributed by atoms with Crippen LogP contribution in [0.15, 0.2) is 24.8 Å². The molecule has 0 aliphatic heterocycles. The van der Waals surface area contributed by atoms with Gasteiger partial charge in [0, 0.05) is 5.69 Å². The molecule has 1 heteroatoms. The Bertz CT molecular complexity index is 402. The zero-order chi connectivity index (χ0) is 12.8. The normalized spacial score (nSPS) is 13.2. The molecule has 1 rings (SSSR count). The number of nitrogens with zero attached hydrogens (tertiary/aromatic N) is 1. The van der Waals surface area contributed by atoms with Gasteiger partial charge in [-0.1, -0.05) is 45.6 Å². The van der Waals surface area contributed by atoms with Crippen molar-refractivity contribution in [2.45, 2.75) is 34.1 Å². The summed E-state index contributed by atoms with van der Waals surface area (Å²) in [6.45, 7) is 12.6. The van der Waals surface area contributed by atoms with Gasteiger partial charge in [-0.05, 0) is 42.9 Å². The summed E-state index contributed by atoms with van der Waals surface area (Å²) in [6.07, 6.45) is 6.96. The standard InChI is InChI=1S/C16H23N/c1-6-8-16-14(7-2)9-10-15(17-16)11-13(5)12(3)4/h6-10,12-13H,2,11H2,1,3-5H3/b8-6-. The molecule has 1 aromatic heterocycles. The first-order valence-electron chi connectivity index (χ1n) is 6.33. The number of aromatic nitrogens is 1. The van der Waals surface area contributed by atoms with Crippen molar-refractivity contribution in [2.75, 3.05) is 0 Å². The fourth-order valence-corrected chi connectivity index (χ4v) is 1.67. The molecule has 0 saturated carbocycles. The Morgan fingerprint density at radius 1 is 1.29 bits per heavy atom. The molecule has 17 heavy (non-hydrogen) atoms. The van der Waals surface area contributed by atoms with Gasteiger partial charge < -0.3 is 0 Å². The van der Waals surface area contributed by atoms with Gasteiger partial charge in [0.1, 0.15) is 0 Å².